The topological polar surface area (TPSA) is 71.3 Å². The van der Waals surface area contributed by atoms with Gasteiger partial charge in [-0.2, -0.15) is 4.98 Å². The molecule has 1 saturated heterocycles. The van der Waals surface area contributed by atoms with Crippen LogP contribution in [0.3, 0.4) is 0 Å². The highest BCUT2D eigenvalue weighted by molar-refractivity contribution is 7.14. The summed E-state index contributed by atoms with van der Waals surface area (Å²) in [6.07, 6.45) is 1.53. The van der Waals surface area contributed by atoms with Crippen LogP contribution in [0, 0.1) is 12.8 Å². The van der Waals surface area contributed by atoms with Crippen LogP contribution in [-0.2, 0) is 4.79 Å². The molecule has 1 aliphatic heterocycles. The minimum Gasteiger partial charge on any atom is -0.423 e. The smallest absolute Gasteiger partial charge is 0.298 e. The predicted octanol–water partition coefficient (Wildman–Crippen LogP) is 5.11. The minimum atomic E-state index is -0.0302. The van der Waals surface area contributed by atoms with E-state index in [0.29, 0.717) is 11.1 Å². The molecule has 0 saturated carbocycles. The molecule has 0 aliphatic carbocycles. The van der Waals surface area contributed by atoms with Gasteiger partial charge in [0.1, 0.15) is 5.52 Å². The lowest BCUT2D eigenvalue weighted by molar-refractivity contribution is -0.120. The highest BCUT2D eigenvalue weighted by Crippen LogP contribution is 2.29. The fourth-order valence-electron chi connectivity index (χ4n) is 3.72. The van der Waals surface area contributed by atoms with E-state index < -0.39 is 0 Å². The number of aryl methyl sites for hydroxylation is 1. The van der Waals surface area contributed by atoms with E-state index in [4.69, 9.17) is 4.42 Å². The first-order valence-corrected chi connectivity index (χ1v) is 11.0. The van der Waals surface area contributed by atoms with Crippen LogP contribution in [0.4, 0.5) is 11.1 Å². The molecule has 30 heavy (non-hydrogen) atoms. The summed E-state index contributed by atoms with van der Waals surface area (Å²) in [6, 6.07) is 16.6. The van der Waals surface area contributed by atoms with Gasteiger partial charge < -0.3 is 14.6 Å². The molecule has 5 rings (SSSR count). The number of hydrogen-bond acceptors (Lipinski definition) is 6. The molecule has 0 radical (unpaired) electrons. The zero-order chi connectivity index (χ0) is 20.5. The number of oxazole rings is 1. The Morgan fingerprint density at radius 1 is 1.10 bits per heavy atom. The van der Waals surface area contributed by atoms with Crippen molar-refractivity contribution in [3.05, 3.63) is 59.5 Å². The molecular weight excluding hydrogens is 396 g/mol. The van der Waals surface area contributed by atoms with Crippen LogP contribution in [0.25, 0.3) is 22.4 Å². The largest absolute Gasteiger partial charge is 0.423 e. The lowest BCUT2D eigenvalue weighted by Crippen LogP contribution is -2.38. The van der Waals surface area contributed by atoms with Gasteiger partial charge in [0.2, 0.25) is 5.91 Å². The highest BCUT2D eigenvalue weighted by atomic mass is 32.1. The average Bonchev–Trinajstić information content (AvgIpc) is 3.41. The summed E-state index contributed by atoms with van der Waals surface area (Å²) >= 11 is 1.46. The number of rotatable bonds is 4. The van der Waals surface area contributed by atoms with Crippen molar-refractivity contribution < 1.29 is 9.21 Å². The van der Waals surface area contributed by atoms with Crippen LogP contribution < -0.4 is 10.2 Å². The molecule has 1 N–H and O–H groups in total. The van der Waals surface area contributed by atoms with Gasteiger partial charge in [0, 0.05) is 30.0 Å². The number of nitrogens with zero attached hydrogens (tertiary/aromatic N) is 3. The van der Waals surface area contributed by atoms with Gasteiger partial charge in [-0.25, -0.2) is 4.98 Å². The number of thiazole rings is 1. The van der Waals surface area contributed by atoms with Crippen molar-refractivity contribution in [1.29, 1.82) is 0 Å². The second kappa shape index (κ2) is 7.91. The number of hydrogen-bond donors (Lipinski definition) is 1. The summed E-state index contributed by atoms with van der Waals surface area (Å²) < 4.78 is 5.86. The number of piperidine rings is 1. The summed E-state index contributed by atoms with van der Waals surface area (Å²) in [4.78, 5) is 24.0. The van der Waals surface area contributed by atoms with E-state index in [0.717, 1.165) is 48.3 Å². The molecule has 1 aliphatic rings. The maximum atomic E-state index is 12.7. The molecule has 6 nitrogen and oxygen atoms in total. The number of amides is 1. The van der Waals surface area contributed by atoms with E-state index in [1.807, 2.05) is 29.6 Å². The Morgan fingerprint density at radius 3 is 2.63 bits per heavy atom. The molecule has 152 valence electrons. The maximum Gasteiger partial charge on any atom is 0.298 e. The third-order valence-corrected chi connectivity index (χ3v) is 6.26. The van der Waals surface area contributed by atoms with E-state index in [1.165, 1.54) is 16.9 Å². The molecular formula is C23H22N4O2S. The number of para-hydroxylation sites is 2. The van der Waals surface area contributed by atoms with Crippen molar-refractivity contribution in [2.75, 3.05) is 23.3 Å². The van der Waals surface area contributed by atoms with Gasteiger partial charge in [0.05, 0.1) is 5.69 Å². The average molecular weight is 419 g/mol. The molecule has 0 unspecified atom stereocenters. The molecule has 0 spiro atoms. The lowest BCUT2D eigenvalue weighted by Gasteiger charge is -2.29. The number of carbonyl (C=O) groups excluding carboxylic acids is 1. The van der Waals surface area contributed by atoms with Crippen molar-refractivity contribution in [2.24, 2.45) is 5.92 Å². The van der Waals surface area contributed by atoms with E-state index >= 15 is 0 Å². The van der Waals surface area contributed by atoms with Gasteiger partial charge in [-0.3, -0.25) is 4.79 Å². The van der Waals surface area contributed by atoms with E-state index in [1.54, 1.807) is 0 Å². The third-order valence-electron chi connectivity index (χ3n) is 5.50. The number of anilines is 2. The molecule has 2 aromatic heterocycles. The second-order valence-corrected chi connectivity index (χ2v) is 8.48. The fourth-order valence-corrected chi connectivity index (χ4v) is 4.45. The zero-order valence-corrected chi connectivity index (χ0v) is 17.5. The number of fused-ring (bicyclic) bond motifs is 1. The van der Waals surface area contributed by atoms with Crippen LogP contribution in [0.5, 0.6) is 0 Å². The van der Waals surface area contributed by atoms with Crippen molar-refractivity contribution >= 4 is 39.5 Å². The quantitative estimate of drug-likeness (QED) is 0.498. The van der Waals surface area contributed by atoms with Gasteiger partial charge >= 0.3 is 0 Å². The van der Waals surface area contributed by atoms with Gasteiger partial charge in [-0.05, 0) is 31.9 Å². The van der Waals surface area contributed by atoms with E-state index in [2.05, 4.69) is 51.4 Å². The summed E-state index contributed by atoms with van der Waals surface area (Å²) in [6.45, 7) is 3.56. The van der Waals surface area contributed by atoms with E-state index in [-0.39, 0.29) is 11.8 Å². The Hall–Kier alpha value is -3.19. The summed E-state index contributed by atoms with van der Waals surface area (Å²) in [7, 11) is 0. The van der Waals surface area contributed by atoms with Gasteiger partial charge in [0.25, 0.3) is 6.01 Å². The van der Waals surface area contributed by atoms with Gasteiger partial charge in [-0.1, -0.05) is 42.0 Å². The molecule has 3 heterocycles. The lowest BCUT2D eigenvalue weighted by atomic mass is 9.96. The van der Waals surface area contributed by atoms with Crippen molar-refractivity contribution in [3.8, 4) is 11.3 Å². The first-order chi connectivity index (χ1) is 14.7. The SMILES string of the molecule is Cc1ccc(-c2csc(NC(=O)C3CCN(c4nc5ccccc5o4)CC3)n2)cc1. The number of nitrogens with one attached hydrogen (secondary N) is 1. The molecule has 7 heteroatoms. The van der Waals surface area contributed by atoms with Gasteiger partial charge in [-0.15, -0.1) is 11.3 Å². The summed E-state index contributed by atoms with van der Waals surface area (Å²) in [5, 5.41) is 5.63. The van der Waals surface area contributed by atoms with Crippen LogP contribution in [0.1, 0.15) is 18.4 Å². The Morgan fingerprint density at radius 2 is 1.87 bits per heavy atom. The van der Waals surface area contributed by atoms with Crippen LogP contribution in [0.2, 0.25) is 0 Å². The van der Waals surface area contributed by atoms with Crippen LogP contribution in [-0.4, -0.2) is 29.0 Å². The van der Waals surface area contributed by atoms with Crippen LogP contribution >= 0.6 is 11.3 Å². The van der Waals surface area contributed by atoms with Crippen molar-refractivity contribution in [2.45, 2.75) is 19.8 Å². The first kappa shape index (κ1) is 18.8. The molecule has 0 bridgehead atoms. The Bertz CT molecular complexity index is 1140. The molecule has 4 aromatic rings. The van der Waals surface area contributed by atoms with Crippen molar-refractivity contribution in [1.82, 2.24) is 9.97 Å². The first-order valence-electron chi connectivity index (χ1n) is 10.1. The standard InChI is InChI=1S/C23H22N4O2S/c1-15-6-8-16(9-7-15)19-14-30-22(24-19)26-21(28)17-10-12-27(13-11-17)23-25-18-4-2-3-5-20(18)29-23/h2-9,14,17H,10-13H2,1H3,(H,24,26,28). The maximum absolute atomic E-state index is 12.7. The second-order valence-electron chi connectivity index (χ2n) is 7.62. The van der Waals surface area contributed by atoms with E-state index in [9.17, 15) is 4.79 Å². The minimum absolute atomic E-state index is 0.0302. The predicted molar refractivity (Wildman–Crippen MR) is 120 cm³/mol. The Balaban J connectivity index is 1.19. The van der Waals surface area contributed by atoms with Gasteiger partial charge in [0.15, 0.2) is 10.7 Å². The number of benzene rings is 2. The highest BCUT2D eigenvalue weighted by Gasteiger charge is 2.27. The zero-order valence-electron chi connectivity index (χ0n) is 16.7. The number of aromatic nitrogens is 2. The summed E-state index contributed by atoms with van der Waals surface area (Å²) in [5.41, 5.74) is 4.82. The summed E-state index contributed by atoms with van der Waals surface area (Å²) in [5.74, 6) is 0.00868. The Labute approximate surface area is 178 Å². The molecule has 1 fully saturated rings. The normalized spacial score (nSPS) is 14.9. The molecule has 2 aromatic carbocycles. The Kier molecular flexibility index (Phi) is 4.96. The fraction of sp³-hybridized carbons (Fsp3) is 0.261. The number of carbonyl (C=O) groups is 1. The molecule has 1 amide bonds. The third kappa shape index (κ3) is 3.80. The van der Waals surface area contributed by atoms with Crippen LogP contribution in [0.15, 0.2) is 58.3 Å². The van der Waals surface area contributed by atoms with Crippen molar-refractivity contribution in [3.63, 3.8) is 0 Å². The monoisotopic (exact) mass is 418 g/mol. The molecule has 0 atom stereocenters.